The molecule has 0 fully saturated rings. The Kier molecular flexibility index (Phi) is 7.53. The molecular formula is C25H26N2O5S2. The number of esters is 1. The first kappa shape index (κ1) is 24.2. The van der Waals surface area contributed by atoms with E-state index in [1.807, 2.05) is 31.4 Å². The number of carbonyl (C=O) groups is 2. The Bertz CT molecular complexity index is 1150. The van der Waals surface area contributed by atoms with E-state index in [1.165, 1.54) is 12.1 Å². The van der Waals surface area contributed by atoms with Gasteiger partial charge in [-0.15, -0.1) is 11.3 Å². The zero-order chi connectivity index (χ0) is 24.2. The number of nitro groups is 1. The van der Waals surface area contributed by atoms with Crippen LogP contribution in [0.1, 0.15) is 49.0 Å². The van der Waals surface area contributed by atoms with Crippen LogP contribution >= 0.6 is 23.1 Å². The van der Waals surface area contributed by atoms with Gasteiger partial charge in [-0.1, -0.05) is 25.1 Å². The number of thiophene rings is 1. The average Bonchev–Trinajstić information content (AvgIpc) is 3.36. The fraction of sp³-hybridized carbons (Fsp3) is 0.360. The molecule has 0 radical (unpaired) electrons. The lowest BCUT2D eigenvalue weighted by molar-refractivity contribution is -0.384. The van der Waals surface area contributed by atoms with Crippen LogP contribution in [0.25, 0.3) is 0 Å². The van der Waals surface area contributed by atoms with Gasteiger partial charge in [-0.05, 0) is 36.1 Å². The largest absolute Gasteiger partial charge is 0.461 e. The summed E-state index contributed by atoms with van der Waals surface area (Å²) in [6.07, 6.45) is 1.02. The standard InChI is InChI=1S/C25H26N2O5S2/c1-3-33-12-10-32-25(29)22-15(2)26-19-13-17(21-5-4-11-34-21)14-20(28)24(19)23(22)16-6-8-18(9-7-16)27(30)31/h4-9,11,17,23,26H,3,10,12-14H2,1-2H3/t17-,23+/m1/s1. The van der Waals surface area contributed by atoms with Gasteiger partial charge < -0.3 is 10.1 Å². The number of nitrogens with zero attached hydrogens (tertiary/aromatic N) is 1. The molecule has 2 heterocycles. The van der Waals surface area contributed by atoms with Gasteiger partial charge in [0.2, 0.25) is 0 Å². The number of allylic oxidation sites excluding steroid dienone is 3. The summed E-state index contributed by atoms with van der Waals surface area (Å²) in [6, 6.07) is 10.1. The minimum atomic E-state index is -0.625. The number of nitrogens with one attached hydrogen (secondary N) is 1. The van der Waals surface area contributed by atoms with E-state index in [-0.39, 0.29) is 24.0 Å². The molecule has 4 rings (SSSR count). The summed E-state index contributed by atoms with van der Waals surface area (Å²) >= 11 is 3.32. The molecule has 2 aromatic rings. The van der Waals surface area contributed by atoms with Crippen LogP contribution in [0, 0.1) is 10.1 Å². The van der Waals surface area contributed by atoms with Crippen molar-refractivity contribution >= 4 is 40.5 Å². The van der Waals surface area contributed by atoms with Crippen LogP contribution in [0.4, 0.5) is 5.69 Å². The molecule has 2 aliphatic rings. The minimum absolute atomic E-state index is 0.0187. The zero-order valence-corrected chi connectivity index (χ0v) is 20.7. The number of hydrogen-bond donors (Lipinski definition) is 1. The fourth-order valence-corrected chi connectivity index (χ4v) is 5.89. The Labute approximate surface area is 206 Å². The van der Waals surface area contributed by atoms with E-state index in [1.54, 1.807) is 35.2 Å². The van der Waals surface area contributed by atoms with E-state index in [0.717, 1.165) is 16.3 Å². The number of rotatable bonds is 8. The normalized spacial score (nSPS) is 20.1. The maximum atomic E-state index is 13.5. The third-order valence-electron chi connectivity index (χ3n) is 6.10. The summed E-state index contributed by atoms with van der Waals surface area (Å²) in [4.78, 5) is 38.5. The smallest absolute Gasteiger partial charge is 0.336 e. The number of benzene rings is 1. The highest BCUT2D eigenvalue weighted by Gasteiger charge is 2.41. The number of non-ortho nitro benzene ring substituents is 1. The second kappa shape index (κ2) is 10.6. The zero-order valence-electron chi connectivity index (χ0n) is 19.0. The first-order valence-electron chi connectivity index (χ1n) is 11.2. The molecule has 1 aliphatic heterocycles. The van der Waals surface area contributed by atoms with Gasteiger partial charge in [0.15, 0.2) is 5.78 Å². The van der Waals surface area contributed by atoms with Crippen molar-refractivity contribution in [3.05, 3.63) is 84.9 Å². The molecule has 2 atom stereocenters. The van der Waals surface area contributed by atoms with Crippen molar-refractivity contribution in [1.29, 1.82) is 0 Å². The number of hydrogen-bond acceptors (Lipinski definition) is 8. The topological polar surface area (TPSA) is 98.5 Å². The van der Waals surface area contributed by atoms with Crippen LogP contribution < -0.4 is 5.32 Å². The summed E-state index contributed by atoms with van der Waals surface area (Å²) in [7, 11) is 0. The lowest BCUT2D eigenvalue weighted by Crippen LogP contribution is -2.36. The lowest BCUT2D eigenvalue weighted by atomic mass is 9.72. The van der Waals surface area contributed by atoms with Gasteiger partial charge >= 0.3 is 5.97 Å². The average molecular weight is 499 g/mol. The van der Waals surface area contributed by atoms with Crippen molar-refractivity contribution in [1.82, 2.24) is 5.32 Å². The third kappa shape index (κ3) is 4.95. The van der Waals surface area contributed by atoms with Crippen LogP contribution in [0.15, 0.2) is 64.3 Å². The highest BCUT2D eigenvalue weighted by molar-refractivity contribution is 7.99. The van der Waals surface area contributed by atoms with Crippen LogP contribution in [0.5, 0.6) is 0 Å². The number of nitro benzene ring substituents is 1. The summed E-state index contributed by atoms with van der Waals surface area (Å²) in [5.41, 5.74) is 3.03. The first-order chi connectivity index (χ1) is 16.4. The number of dihydropyridines is 1. The van der Waals surface area contributed by atoms with Crippen molar-refractivity contribution in [2.45, 2.75) is 38.5 Å². The first-order valence-corrected chi connectivity index (χ1v) is 13.2. The van der Waals surface area contributed by atoms with Crippen LogP contribution in [-0.4, -0.2) is 34.8 Å². The second-order valence-corrected chi connectivity index (χ2v) is 10.6. The monoisotopic (exact) mass is 498 g/mol. The van der Waals surface area contributed by atoms with Gasteiger partial charge in [-0.2, -0.15) is 11.8 Å². The van der Waals surface area contributed by atoms with Crippen LogP contribution in [0.3, 0.4) is 0 Å². The van der Waals surface area contributed by atoms with E-state index in [0.29, 0.717) is 41.0 Å². The maximum Gasteiger partial charge on any atom is 0.336 e. The van der Waals surface area contributed by atoms with Crippen LogP contribution in [0.2, 0.25) is 0 Å². The van der Waals surface area contributed by atoms with Crippen LogP contribution in [-0.2, 0) is 14.3 Å². The molecule has 7 nitrogen and oxygen atoms in total. The van der Waals surface area contributed by atoms with E-state index < -0.39 is 16.8 Å². The van der Waals surface area contributed by atoms with Crippen molar-refractivity contribution in [2.75, 3.05) is 18.1 Å². The number of Topliss-reactive ketones (excluding diaryl/α,β-unsaturated/α-hetero) is 1. The molecule has 0 bridgehead atoms. The van der Waals surface area contributed by atoms with Gasteiger partial charge in [0.1, 0.15) is 6.61 Å². The van der Waals surface area contributed by atoms with Gasteiger partial charge in [0.05, 0.1) is 10.5 Å². The van der Waals surface area contributed by atoms with Gasteiger partial charge in [0, 0.05) is 58.0 Å². The summed E-state index contributed by atoms with van der Waals surface area (Å²) < 4.78 is 5.56. The highest BCUT2D eigenvalue weighted by atomic mass is 32.2. The minimum Gasteiger partial charge on any atom is -0.461 e. The second-order valence-electron chi connectivity index (χ2n) is 8.21. The molecule has 0 amide bonds. The number of ketones is 1. The van der Waals surface area contributed by atoms with E-state index in [2.05, 4.69) is 5.32 Å². The summed E-state index contributed by atoms with van der Waals surface area (Å²) in [6.45, 7) is 4.14. The Morgan fingerprint density at radius 3 is 2.68 bits per heavy atom. The molecule has 0 saturated heterocycles. The number of carbonyl (C=O) groups excluding carboxylic acids is 2. The Hall–Kier alpha value is -2.91. The molecule has 1 aromatic heterocycles. The number of thioether (sulfide) groups is 1. The molecule has 1 N–H and O–H groups in total. The fourth-order valence-electron chi connectivity index (χ4n) is 4.57. The van der Waals surface area contributed by atoms with Gasteiger partial charge in [-0.3, -0.25) is 14.9 Å². The molecule has 0 saturated carbocycles. The van der Waals surface area contributed by atoms with E-state index >= 15 is 0 Å². The Morgan fingerprint density at radius 1 is 1.26 bits per heavy atom. The molecular weight excluding hydrogens is 472 g/mol. The lowest BCUT2D eigenvalue weighted by Gasteiger charge is -2.36. The highest BCUT2D eigenvalue weighted by Crippen LogP contribution is 2.46. The molecule has 0 spiro atoms. The molecule has 1 aliphatic carbocycles. The van der Waals surface area contributed by atoms with Crippen molar-refractivity contribution in [3.8, 4) is 0 Å². The molecule has 9 heteroatoms. The quantitative estimate of drug-likeness (QED) is 0.228. The molecule has 178 valence electrons. The third-order valence-corrected chi connectivity index (χ3v) is 7.99. The summed E-state index contributed by atoms with van der Waals surface area (Å²) in [5, 5.41) is 16.5. The molecule has 0 unspecified atom stereocenters. The maximum absolute atomic E-state index is 13.5. The van der Waals surface area contributed by atoms with E-state index in [4.69, 9.17) is 4.74 Å². The van der Waals surface area contributed by atoms with Gasteiger partial charge in [-0.25, -0.2) is 4.79 Å². The summed E-state index contributed by atoms with van der Waals surface area (Å²) in [5.74, 6) is 0.602. The predicted molar refractivity (Wildman–Crippen MR) is 134 cm³/mol. The molecule has 1 aromatic carbocycles. The van der Waals surface area contributed by atoms with Crippen molar-refractivity contribution in [2.24, 2.45) is 0 Å². The van der Waals surface area contributed by atoms with Crippen molar-refractivity contribution < 1.29 is 19.2 Å². The van der Waals surface area contributed by atoms with E-state index in [9.17, 15) is 19.7 Å². The van der Waals surface area contributed by atoms with Crippen molar-refractivity contribution in [3.63, 3.8) is 0 Å². The molecule has 34 heavy (non-hydrogen) atoms. The SMILES string of the molecule is CCSCCOC(=O)C1=C(C)NC2=C(C(=O)C[C@H](c3cccs3)C2)[C@H]1c1ccc([N+](=O)[O-])cc1. The Morgan fingerprint density at radius 2 is 2.03 bits per heavy atom. The number of ether oxygens (including phenoxy) is 1. The van der Waals surface area contributed by atoms with Gasteiger partial charge in [0.25, 0.3) is 5.69 Å². The Balaban J connectivity index is 1.72. The predicted octanol–water partition coefficient (Wildman–Crippen LogP) is 5.31.